The van der Waals surface area contributed by atoms with Crippen molar-refractivity contribution < 1.29 is 9.72 Å². The van der Waals surface area contributed by atoms with Crippen LogP contribution in [0.25, 0.3) is 0 Å². The molecule has 2 aromatic carbocycles. The molecule has 0 bridgehead atoms. The van der Waals surface area contributed by atoms with Crippen LogP contribution in [0.2, 0.25) is 0 Å². The highest BCUT2D eigenvalue weighted by Gasteiger charge is 2.21. The highest BCUT2D eigenvalue weighted by Crippen LogP contribution is 2.23. The van der Waals surface area contributed by atoms with E-state index < -0.39 is 4.92 Å². The van der Waals surface area contributed by atoms with E-state index >= 15 is 0 Å². The number of halogens is 1. The van der Waals surface area contributed by atoms with Gasteiger partial charge in [-0.25, -0.2) is 0 Å². The van der Waals surface area contributed by atoms with Gasteiger partial charge in [0.15, 0.2) is 0 Å². The van der Waals surface area contributed by atoms with E-state index in [9.17, 15) is 14.9 Å². The zero-order chi connectivity index (χ0) is 18.5. The number of piperazine rings is 1. The number of anilines is 1. The van der Waals surface area contributed by atoms with Crippen LogP contribution in [0.15, 0.2) is 57.9 Å². The summed E-state index contributed by atoms with van der Waals surface area (Å²) < 4.78 is 1.01. The molecule has 1 amide bonds. The van der Waals surface area contributed by atoms with Gasteiger partial charge in [0.1, 0.15) is 0 Å². The van der Waals surface area contributed by atoms with Gasteiger partial charge in [0.05, 0.1) is 10.7 Å². The Morgan fingerprint density at radius 2 is 1.81 bits per heavy atom. The average Bonchev–Trinajstić information content (AvgIpc) is 2.66. The van der Waals surface area contributed by atoms with E-state index in [-0.39, 0.29) is 11.6 Å². The number of amides is 1. The predicted octanol–water partition coefficient (Wildman–Crippen LogP) is 3.80. The Bertz CT molecular complexity index is 793. The number of thioether (sulfide) groups is 1. The molecule has 0 aromatic heterocycles. The maximum Gasteiger partial charge on any atom is 0.269 e. The molecule has 1 aliphatic rings. The first-order valence-electron chi connectivity index (χ1n) is 8.18. The second kappa shape index (κ2) is 8.55. The van der Waals surface area contributed by atoms with Crippen molar-refractivity contribution in [1.29, 1.82) is 0 Å². The first-order valence-corrected chi connectivity index (χ1v) is 9.96. The largest absolute Gasteiger partial charge is 0.368 e. The van der Waals surface area contributed by atoms with Gasteiger partial charge in [-0.2, -0.15) is 0 Å². The van der Waals surface area contributed by atoms with Crippen molar-refractivity contribution in [3.63, 3.8) is 0 Å². The lowest BCUT2D eigenvalue weighted by Crippen LogP contribution is -2.49. The second-order valence-electron chi connectivity index (χ2n) is 5.89. The maximum atomic E-state index is 12.4. The molecule has 6 nitrogen and oxygen atoms in total. The van der Waals surface area contributed by atoms with Crippen LogP contribution in [0.5, 0.6) is 0 Å². The van der Waals surface area contributed by atoms with Crippen molar-refractivity contribution >= 4 is 45.0 Å². The summed E-state index contributed by atoms with van der Waals surface area (Å²) in [7, 11) is 0. The summed E-state index contributed by atoms with van der Waals surface area (Å²) >= 11 is 4.97. The highest BCUT2D eigenvalue weighted by molar-refractivity contribution is 9.10. The van der Waals surface area contributed by atoms with Crippen LogP contribution in [0.3, 0.4) is 0 Å². The molecule has 0 saturated carbocycles. The Morgan fingerprint density at radius 3 is 2.42 bits per heavy atom. The van der Waals surface area contributed by atoms with Gasteiger partial charge < -0.3 is 9.80 Å². The van der Waals surface area contributed by atoms with Gasteiger partial charge in [0, 0.05) is 53.4 Å². The Morgan fingerprint density at radius 1 is 1.12 bits per heavy atom. The van der Waals surface area contributed by atoms with Crippen LogP contribution >= 0.6 is 27.7 Å². The van der Waals surface area contributed by atoms with E-state index in [4.69, 9.17) is 0 Å². The molecule has 0 N–H and O–H groups in total. The molecular weight excluding hydrogens is 418 g/mol. The molecular formula is C18H18BrN3O3S. The fourth-order valence-corrected chi connectivity index (χ4v) is 4.20. The first-order chi connectivity index (χ1) is 12.5. The van der Waals surface area contributed by atoms with Crippen LogP contribution in [0.1, 0.15) is 0 Å². The standard InChI is InChI=1S/C18H18BrN3O3S/c19-14-2-1-3-17(12-14)26-13-18(23)21-10-8-20(9-11-21)15-4-6-16(7-5-15)22(24)25/h1-7,12H,8-11,13H2. The molecule has 2 aromatic rings. The molecule has 3 rings (SSSR count). The van der Waals surface area contributed by atoms with Gasteiger partial charge in [-0.1, -0.05) is 22.0 Å². The number of rotatable bonds is 5. The van der Waals surface area contributed by atoms with E-state index in [0.717, 1.165) is 28.1 Å². The van der Waals surface area contributed by atoms with Crippen LogP contribution in [0.4, 0.5) is 11.4 Å². The molecule has 26 heavy (non-hydrogen) atoms. The minimum absolute atomic E-state index is 0.0899. The zero-order valence-electron chi connectivity index (χ0n) is 14.0. The molecule has 1 heterocycles. The van der Waals surface area contributed by atoms with E-state index in [1.807, 2.05) is 29.2 Å². The topological polar surface area (TPSA) is 66.7 Å². The number of hydrogen-bond donors (Lipinski definition) is 0. The van der Waals surface area contributed by atoms with Crippen LogP contribution in [-0.2, 0) is 4.79 Å². The third kappa shape index (κ3) is 4.76. The lowest BCUT2D eigenvalue weighted by atomic mass is 10.2. The fraction of sp³-hybridized carbons (Fsp3) is 0.278. The summed E-state index contributed by atoms with van der Waals surface area (Å²) in [6.07, 6.45) is 0. The van der Waals surface area contributed by atoms with E-state index in [2.05, 4.69) is 20.8 Å². The van der Waals surface area contributed by atoms with Crippen molar-refractivity contribution in [3.05, 3.63) is 63.1 Å². The number of benzene rings is 2. The van der Waals surface area contributed by atoms with Gasteiger partial charge in [0.25, 0.3) is 5.69 Å². The molecule has 0 spiro atoms. The normalized spacial score (nSPS) is 14.3. The van der Waals surface area contributed by atoms with Gasteiger partial charge in [-0.15, -0.1) is 11.8 Å². The number of hydrogen-bond acceptors (Lipinski definition) is 5. The molecule has 8 heteroatoms. The average molecular weight is 436 g/mol. The Balaban J connectivity index is 1.49. The van der Waals surface area contributed by atoms with Crippen LogP contribution in [-0.4, -0.2) is 47.7 Å². The Hall–Kier alpha value is -2.06. The monoisotopic (exact) mass is 435 g/mol. The Kier molecular flexibility index (Phi) is 6.16. The van der Waals surface area contributed by atoms with Gasteiger partial charge >= 0.3 is 0 Å². The third-order valence-electron chi connectivity index (χ3n) is 4.22. The highest BCUT2D eigenvalue weighted by atomic mass is 79.9. The Labute approximate surface area is 164 Å². The van der Waals surface area contributed by atoms with Crippen molar-refractivity contribution in [3.8, 4) is 0 Å². The summed E-state index contributed by atoms with van der Waals surface area (Å²) in [5.41, 5.74) is 1.04. The van der Waals surface area contributed by atoms with Crippen LogP contribution < -0.4 is 4.90 Å². The summed E-state index contributed by atoms with van der Waals surface area (Å²) in [6, 6.07) is 14.5. The minimum Gasteiger partial charge on any atom is -0.368 e. The van der Waals surface area contributed by atoms with Crippen molar-refractivity contribution in [1.82, 2.24) is 4.90 Å². The summed E-state index contributed by atoms with van der Waals surface area (Å²) in [5, 5.41) is 10.7. The van der Waals surface area contributed by atoms with Gasteiger partial charge in [0.2, 0.25) is 5.91 Å². The zero-order valence-corrected chi connectivity index (χ0v) is 16.4. The predicted molar refractivity (Wildman–Crippen MR) is 107 cm³/mol. The minimum atomic E-state index is -0.399. The number of nitrogens with zero attached hydrogens (tertiary/aromatic N) is 3. The number of nitro benzene ring substituents is 1. The number of nitro groups is 1. The second-order valence-corrected chi connectivity index (χ2v) is 7.85. The fourth-order valence-electron chi connectivity index (χ4n) is 2.79. The molecule has 136 valence electrons. The maximum absolute atomic E-state index is 12.4. The van der Waals surface area contributed by atoms with Crippen LogP contribution in [0, 0.1) is 10.1 Å². The van der Waals surface area contributed by atoms with Gasteiger partial charge in [-0.3, -0.25) is 14.9 Å². The lowest BCUT2D eigenvalue weighted by molar-refractivity contribution is -0.384. The smallest absolute Gasteiger partial charge is 0.269 e. The summed E-state index contributed by atoms with van der Waals surface area (Å²) in [5.74, 6) is 0.562. The molecule has 0 atom stereocenters. The molecule has 0 aliphatic carbocycles. The molecule has 1 saturated heterocycles. The van der Waals surface area contributed by atoms with Gasteiger partial charge in [-0.05, 0) is 30.3 Å². The van der Waals surface area contributed by atoms with Crippen molar-refractivity contribution in [2.75, 3.05) is 36.8 Å². The number of carbonyl (C=O) groups excluding carboxylic acids is 1. The number of non-ortho nitro benzene ring substituents is 1. The van der Waals surface area contributed by atoms with Crippen molar-refractivity contribution in [2.45, 2.75) is 4.90 Å². The lowest BCUT2D eigenvalue weighted by Gasteiger charge is -2.36. The first kappa shape index (κ1) is 18.7. The quantitative estimate of drug-likeness (QED) is 0.405. The number of carbonyl (C=O) groups is 1. The van der Waals surface area contributed by atoms with E-state index in [1.165, 1.54) is 23.9 Å². The molecule has 1 aliphatic heterocycles. The molecule has 0 radical (unpaired) electrons. The molecule has 0 unspecified atom stereocenters. The summed E-state index contributed by atoms with van der Waals surface area (Å²) in [6.45, 7) is 2.78. The summed E-state index contributed by atoms with van der Waals surface area (Å²) in [4.78, 5) is 27.8. The molecule has 1 fully saturated rings. The van der Waals surface area contributed by atoms with E-state index in [0.29, 0.717) is 18.8 Å². The SMILES string of the molecule is O=C(CSc1cccc(Br)c1)N1CCN(c2ccc([N+](=O)[O-])cc2)CC1. The van der Waals surface area contributed by atoms with E-state index in [1.54, 1.807) is 12.1 Å². The van der Waals surface area contributed by atoms with Crippen molar-refractivity contribution in [2.24, 2.45) is 0 Å². The third-order valence-corrected chi connectivity index (χ3v) is 5.69.